The van der Waals surface area contributed by atoms with Gasteiger partial charge in [-0.15, -0.1) is 0 Å². The molecule has 0 spiro atoms. The van der Waals surface area contributed by atoms with Crippen LogP contribution in [0.5, 0.6) is 0 Å². The third kappa shape index (κ3) is 12.2. The molecule has 0 saturated carbocycles. The molecule has 4 aliphatic carbocycles. The zero-order chi connectivity index (χ0) is 86.9. The quantitative estimate of drug-likeness (QED) is 0.133. The van der Waals surface area contributed by atoms with E-state index >= 15 is 0 Å². The van der Waals surface area contributed by atoms with Gasteiger partial charge in [0.2, 0.25) is 0 Å². The van der Waals surface area contributed by atoms with Crippen molar-refractivity contribution in [2.24, 2.45) is 0 Å². The molecule has 25 aromatic carbocycles. The highest BCUT2D eigenvalue weighted by Gasteiger charge is 2.30. The van der Waals surface area contributed by atoms with E-state index in [-0.39, 0.29) is 0 Å². The molecule has 0 atom stereocenters. The van der Waals surface area contributed by atoms with Crippen molar-refractivity contribution >= 4 is 97.0 Å². The molecule has 132 heavy (non-hydrogen) atoms. The first kappa shape index (κ1) is 76.1. The standard InChI is InChI=1S/C36H22.3C32H20/c1-2-12-24-23(11-1)25-13-3-7-17-29(25)33-21-35-31-19-9-5-15-27(31)28-16-6-10-20-32(28)36(35)22-34(33)30-18-8-4-14-26(24)30;1-2-12-22-21(11-1)23-13-3-7-17-27(23)31-29-19-9-5-15-25(29)26-16-6-10-20-30(26)32(31)28-18-8-4-14-24(22)28;1-2-10-23-21(9-1)17-18-22-19-31-28-15-7-5-13-26(28)24-11-3-4-12-25(24)27-14-6-8-16-29(27)32(31)20-30(22)23;1-2-10-22-21(9-1)17-18-30-28(22)19-20-31-27-15-6-5-13-25(27)23-11-3-4-12-24(23)26-14-7-8-16-29(26)32(30)31/h1-22H;3*1-20H. The molecule has 0 bridgehead atoms. The first-order valence-electron chi connectivity index (χ1n) is 45.9. The highest BCUT2D eigenvalue weighted by molar-refractivity contribution is 6.29. The molecule has 0 aliphatic heterocycles. The van der Waals surface area contributed by atoms with Crippen molar-refractivity contribution in [3.8, 4) is 178 Å². The second kappa shape index (κ2) is 31.4. The van der Waals surface area contributed by atoms with Crippen LogP contribution in [-0.2, 0) is 0 Å². The van der Waals surface area contributed by atoms with Gasteiger partial charge in [-0.1, -0.05) is 473 Å². The monoisotopic (exact) mass is 1670 g/mol. The molecule has 0 N–H and O–H groups in total. The molecule has 0 saturated heterocycles. The summed E-state index contributed by atoms with van der Waals surface area (Å²) in [5.74, 6) is 0. The predicted molar refractivity (Wildman–Crippen MR) is 565 cm³/mol. The van der Waals surface area contributed by atoms with Gasteiger partial charge in [-0.25, -0.2) is 0 Å². The molecule has 0 amide bonds. The average Bonchev–Trinajstić information content (AvgIpc) is 0.706. The molecular formula is C132H82. The molecule has 0 radical (unpaired) electrons. The fourth-order valence-electron chi connectivity index (χ4n) is 22.6. The molecule has 0 unspecified atom stereocenters. The van der Waals surface area contributed by atoms with Crippen molar-refractivity contribution in [2.75, 3.05) is 0 Å². The van der Waals surface area contributed by atoms with Gasteiger partial charge in [0.1, 0.15) is 0 Å². The minimum absolute atomic E-state index is 1.28. The maximum absolute atomic E-state index is 2.45. The summed E-state index contributed by atoms with van der Waals surface area (Å²) in [7, 11) is 0. The van der Waals surface area contributed by atoms with Gasteiger partial charge in [0.05, 0.1) is 0 Å². The lowest BCUT2D eigenvalue weighted by Crippen LogP contribution is -1.99. The molecule has 25 aromatic rings. The Bertz CT molecular complexity index is 8720. The smallest absolute Gasteiger partial charge is 0.00139 e. The van der Waals surface area contributed by atoms with Gasteiger partial charge in [-0.2, -0.15) is 0 Å². The van der Waals surface area contributed by atoms with Crippen molar-refractivity contribution in [1.29, 1.82) is 0 Å². The van der Waals surface area contributed by atoms with E-state index in [1.807, 2.05) is 0 Å². The topological polar surface area (TPSA) is 0 Å². The molecule has 0 heteroatoms. The number of rotatable bonds is 0. The third-order valence-electron chi connectivity index (χ3n) is 28.3. The van der Waals surface area contributed by atoms with Crippen molar-refractivity contribution < 1.29 is 0 Å². The maximum Gasteiger partial charge on any atom is -0.00139 e. The zero-order valence-corrected chi connectivity index (χ0v) is 72.3. The van der Waals surface area contributed by atoms with Gasteiger partial charge < -0.3 is 0 Å². The number of fused-ring (bicyclic) bond motifs is 50. The third-order valence-corrected chi connectivity index (χ3v) is 28.3. The van der Waals surface area contributed by atoms with E-state index in [4.69, 9.17) is 0 Å². The minimum atomic E-state index is 1.28. The second-order valence-electron chi connectivity index (χ2n) is 35.2. The molecule has 0 aromatic heterocycles. The summed E-state index contributed by atoms with van der Waals surface area (Å²) in [6.45, 7) is 0. The Balaban J connectivity index is 0.0000000923. The molecule has 29 rings (SSSR count). The van der Waals surface area contributed by atoms with Gasteiger partial charge in [0.25, 0.3) is 0 Å². The van der Waals surface area contributed by atoms with Gasteiger partial charge >= 0.3 is 0 Å². The lowest BCUT2D eigenvalue weighted by atomic mass is 9.77. The van der Waals surface area contributed by atoms with Crippen LogP contribution in [0.1, 0.15) is 0 Å². The normalized spacial score (nSPS) is 11.8. The van der Waals surface area contributed by atoms with E-state index in [1.54, 1.807) is 0 Å². The lowest BCUT2D eigenvalue weighted by Gasteiger charge is -2.26. The summed E-state index contributed by atoms with van der Waals surface area (Å²) in [6, 6.07) is 182. The predicted octanol–water partition coefficient (Wildman–Crippen LogP) is 37.1. The fourth-order valence-corrected chi connectivity index (χ4v) is 22.6. The van der Waals surface area contributed by atoms with Crippen molar-refractivity contribution in [1.82, 2.24) is 0 Å². The molecule has 610 valence electrons. The summed E-state index contributed by atoms with van der Waals surface area (Å²) in [5, 5.41) is 23.5. The largest absolute Gasteiger partial charge is 0.0616 e. The molecule has 0 nitrogen and oxygen atoms in total. The first-order valence-corrected chi connectivity index (χ1v) is 45.9. The van der Waals surface area contributed by atoms with E-state index < -0.39 is 0 Å². The summed E-state index contributed by atoms with van der Waals surface area (Å²) in [6.07, 6.45) is 0. The Kier molecular flexibility index (Phi) is 18.1. The van der Waals surface area contributed by atoms with Crippen molar-refractivity contribution in [3.63, 3.8) is 0 Å². The summed E-state index contributed by atoms with van der Waals surface area (Å²) < 4.78 is 0. The minimum Gasteiger partial charge on any atom is -0.0616 e. The Labute approximate surface area is 766 Å². The lowest BCUT2D eigenvalue weighted by molar-refractivity contribution is 1.53. The van der Waals surface area contributed by atoms with Crippen LogP contribution in [0.2, 0.25) is 0 Å². The Morgan fingerprint density at radius 1 is 0.0682 bits per heavy atom. The van der Waals surface area contributed by atoms with Crippen molar-refractivity contribution in [3.05, 3.63) is 497 Å². The molecular weight excluding hydrogens is 1590 g/mol. The number of hydrogen-bond acceptors (Lipinski definition) is 0. The Morgan fingerprint density at radius 2 is 0.235 bits per heavy atom. The first-order chi connectivity index (χ1) is 65.6. The summed E-state index contributed by atoms with van der Waals surface area (Å²) in [4.78, 5) is 0. The van der Waals surface area contributed by atoms with Gasteiger partial charge in [0.15, 0.2) is 0 Å². The van der Waals surface area contributed by atoms with Crippen molar-refractivity contribution in [2.45, 2.75) is 0 Å². The summed E-state index contributed by atoms with van der Waals surface area (Å²) >= 11 is 0. The maximum atomic E-state index is 2.45. The van der Waals surface area contributed by atoms with Crippen LogP contribution in [0.15, 0.2) is 497 Å². The van der Waals surface area contributed by atoms with Crippen LogP contribution < -0.4 is 0 Å². The summed E-state index contributed by atoms with van der Waals surface area (Å²) in [5.41, 5.74) is 41.4. The zero-order valence-electron chi connectivity index (χ0n) is 72.3. The van der Waals surface area contributed by atoms with Crippen LogP contribution in [0.25, 0.3) is 275 Å². The van der Waals surface area contributed by atoms with E-state index in [1.165, 1.54) is 275 Å². The Hall–Kier alpha value is -17.2. The highest BCUT2D eigenvalue weighted by Crippen LogP contribution is 2.57. The highest BCUT2D eigenvalue weighted by atomic mass is 14.3. The van der Waals surface area contributed by atoms with E-state index in [9.17, 15) is 0 Å². The van der Waals surface area contributed by atoms with Crippen LogP contribution in [0.3, 0.4) is 0 Å². The van der Waals surface area contributed by atoms with E-state index in [2.05, 4.69) is 497 Å². The van der Waals surface area contributed by atoms with Crippen LogP contribution in [0.4, 0.5) is 0 Å². The fraction of sp³-hybridized carbons (Fsp3) is 0. The average molecular weight is 1670 g/mol. The number of hydrogen-bond donors (Lipinski definition) is 0. The SMILES string of the molecule is c1ccc2c(c1)-c1ccccc1-c1c(c3ccccc3c3ccccc13)-c1ccccc1-2.c1ccc2c(c1)-c1ccccc1-c1cc3c4ccccc4c4ccccc4c3cc1-c1ccccc1-2.c1ccc2c(c1)-c1ccccc1-c1cc3ccc4ccccc4c3cc1-c1ccccc1-2.c1ccc2c(c1)-c1ccccc1-c1ccc3c(ccc4ccccc43)c1-c1ccccc1-2. The van der Waals surface area contributed by atoms with Gasteiger partial charge in [-0.3, -0.25) is 0 Å². The van der Waals surface area contributed by atoms with Gasteiger partial charge in [-0.05, 0) is 299 Å². The van der Waals surface area contributed by atoms with E-state index in [0.29, 0.717) is 0 Å². The van der Waals surface area contributed by atoms with Crippen LogP contribution in [0, 0.1) is 0 Å². The molecule has 0 fully saturated rings. The molecule has 0 heterocycles. The number of benzene rings is 25. The second-order valence-corrected chi connectivity index (χ2v) is 35.2. The van der Waals surface area contributed by atoms with Gasteiger partial charge in [0, 0.05) is 0 Å². The Morgan fingerprint density at radius 3 is 0.545 bits per heavy atom. The van der Waals surface area contributed by atoms with E-state index in [0.717, 1.165) is 0 Å². The van der Waals surface area contributed by atoms with Crippen LogP contribution in [-0.4, -0.2) is 0 Å². The van der Waals surface area contributed by atoms with Crippen LogP contribution >= 0.6 is 0 Å². The molecule has 4 aliphatic rings.